The Balaban J connectivity index is 1.58. The molecule has 7 nitrogen and oxygen atoms in total. The monoisotopic (exact) mass is 441 g/mol. The first-order valence-electron chi connectivity index (χ1n) is 10.5. The first kappa shape index (κ1) is 22.0. The van der Waals surface area contributed by atoms with Gasteiger partial charge in [-0.05, 0) is 49.7 Å². The number of aliphatic carboxylic acids is 1. The summed E-state index contributed by atoms with van der Waals surface area (Å²) >= 11 is 0. The van der Waals surface area contributed by atoms with Gasteiger partial charge < -0.3 is 15.2 Å². The van der Waals surface area contributed by atoms with Crippen molar-refractivity contribution in [2.75, 3.05) is 11.9 Å². The van der Waals surface area contributed by atoms with E-state index in [0.717, 1.165) is 27.9 Å². The summed E-state index contributed by atoms with van der Waals surface area (Å²) in [5, 5.41) is 12.6. The van der Waals surface area contributed by atoms with Gasteiger partial charge in [-0.15, -0.1) is 0 Å². The number of benzene rings is 2. The largest absolute Gasteiger partial charge is 0.481 e. The lowest BCUT2D eigenvalue weighted by atomic mass is 10.0. The number of pyridine rings is 2. The smallest absolute Gasteiger partial charge is 0.309 e. The molecule has 1 unspecified atom stereocenters. The van der Waals surface area contributed by atoms with Crippen molar-refractivity contribution in [1.29, 1.82) is 0 Å². The van der Waals surface area contributed by atoms with Crippen molar-refractivity contribution in [3.8, 4) is 17.0 Å². The number of hydrogen-bond acceptors (Lipinski definition) is 5. The summed E-state index contributed by atoms with van der Waals surface area (Å²) in [6.07, 6.45) is 1.67. The molecular formula is C26H23N3O4. The topological polar surface area (TPSA) is 101 Å². The molecule has 2 aromatic carbocycles. The minimum Gasteiger partial charge on any atom is -0.481 e. The van der Waals surface area contributed by atoms with Crippen molar-refractivity contribution in [2.24, 2.45) is 5.92 Å². The van der Waals surface area contributed by atoms with E-state index >= 15 is 0 Å². The van der Waals surface area contributed by atoms with Crippen LogP contribution >= 0.6 is 0 Å². The van der Waals surface area contributed by atoms with Crippen LogP contribution in [-0.2, 0) is 4.79 Å². The van der Waals surface area contributed by atoms with Gasteiger partial charge in [-0.25, -0.2) is 4.98 Å². The fourth-order valence-corrected chi connectivity index (χ4v) is 3.37. The molecule has 1 atom stereocenters. The molecule has 0 radical (unpaired) electrons. The zero-order chi connectivity index (χ0) is 23.4. The number of rotatable bonds is 7. The highest BCUT2D eigenvalue weighted by atomic mass is 16.5. The number of aromatic nitrogens is 2. The van der Waals surface area contributed by atoms with Crippen LogP contribution in [0.4, 0.5) is 5.69 Å². The van der Waals surface area contributed by atoms with E-state index in [1.54, 1.807) is 25.3 Å². The third kappa shape index (κ3) is 5.15. The first-order chi connectivity index (χ1) is 15.9. The number of nitrogens with zero attached hydrogens (tertiary/aromatic N) is 2. The highest BCUT2D eigenvalue weighted by Crippen LogP contribution is 2.27. The van der Waals surface area contributed by atoms with E-state index in [1.165, 1.54) is 0 Å². The van der Waals surface area contributed by atoms with Gasteiger partial charge in [0, 0.05) is 34.6 Å². The molecule has 166 valence electrons. The van der Waals surface area contributed by atoms with Gasteiger partial charge in [0.1, 0.15) is 6.61 Å². The van der Waals surface area contributed by atoms with Crippen LogP contribution in [0.5, 0.6) is 5.88 Å². The Bertz CT molecular complexity index is 1300. The molecule has 0 aliphatic heterocycles. The van der Waals surface area contributed by atoms with Gasteiger partial charge in [0.25, 0.3) is 5.91 Å². The van der Waals surface area contributed by atoms with E-state index in [-0.39, 0.29) is 12.5 Å². The number of carbonyl (C=O) groups is 2. The Morgan fingerprint density at radius 2 is 1.79 bits per heavy atom. The molecule has 1 amide bonds. The number of nitrogens with one attached hydrogen (secondary N) is 1. The summed E-state index contributed by atoms with van der Waals surface area (Å²) in [4.78, 5) is 32.7. The molecule has 33 heavy (non-hydrogen) atoms. The number of hydrogen-bond donors (Lipinski definition) is 2. The van der Waals surface area contributed by atoms with Gasteiger partial charge in [0.05, 0.1) is 17.0 Å². The van der Waals surface area contributed by atoms with Crippen LogP contribution in [0.2, 0.25) is 0 Å². The van der Waals surface area contributed by atoms with Gasteiger partial charge >= 0.3 is 5.97 Å². The summed E-state index contributed by atoms with van der Waals surface area (Å²) in [6, 6.07) is 20.4. The quantitative estimate of drug-likeness (QED) is 0.420. The molecule has 0 saturated carbocycles. The number of aryl methyl sites for hydroxylation is 1. The third-order valence-corrected chi connectivity index (χ3v) is 5.19. The highest BCUT2D eigenvalue weighted by Gasteiger charge is 2.14. The zero-order valence-electron chi connectivity index (χ0n) is 18.3. The maximum absolute atomic E-state index is 12.9. The Kier molecular flexibility index (Phi) is 6.31. The van der Waals surface area contributed by atoms with E-state index in [0.29, 0.717) is 17.0 Å². The lowest BCUT2D eigenvalue weighted by Crippen LogP contribution is -2.18. The number of anilines is 1. The molecule has 4 aromatic rings. The number of carboxylic acids is 1. The number of amides is 1. The average molecular weight is 441 g/mol. The molecule has 0 aliphatic carbocycles. The van der Waals surface area contributed by atoms with Crippen molar-refractivity contribution in [3.05, 3.63) is 84.2 Å². The van der Waals surface area contributed by atoms with E-state index in [1.807, 2.05) is 61.5 Å². The van der Waals surface area contributed by atoms with Crippen LogP contribution < -0.4 is 10.1 Å². The minimum atomic E-state index is -0.914. The van der Waals surface area contributed by atoms with E-state index in [4.69, 9.17) is 9.84 Å². The lowest BCUT2D eigenvalue weighted by Gasteiger charge is -2.11. The van der Waals surface area contributed by atoms with Gasteiger partial charge in [-0.3, -0.25) is 14.6 Å². The van der Waals surface area contributed by atoms with Crippen molar-refractivity contribution in [1.82, 2.24) is 9.97 Å². The van der Waals surface area contributed by atoms with Gasteiger partial charge in [0.15, 0.2) is 0 Å². The van der Waals surface area contributed by atoms with Crippen LogP contribution in [0.15, 0.2) is 72.9 Å². The van der Waals surface area contributed by atoms with Crippen LogP contribution in [0, 0.1) is 12.8 Å². The predicted molar refractivity (Wildman–Crippen MR) is 126 cm³/mol. The molecule has 0 saturated heterocycles. The molecular weight excluding hydrogens is 418 g/mol. The Morgan fingerprint density at radius 1 is 1.03 bits per heavy atom. The fourth-order valence-electron chi connectivity index (χ4n) is 3.37. The average Bonchev–Trinajstić information content (AvgIpc) is 2.82. The summed E-state index contributed by atoms with van der Waals surface area (Å²) < 4.78 is 5.45. The van der Waals surface area contributed by atoms with Gasteiger partial charge in [-0.1, -0.05) is 30.3 Å². The van der Waals surface area contributed by atoms with Crippen molar-refractivity contribution in [2.45, 2.75) is 13.8 Å². The standard InChI is InChI=1S/C26H23N3O4/c1-16(26(31)32)15-33-24-11-9-19(14-27-24)18-8-10-21-22(12-17(2)28-23(21)13-18)25(30)29-20-6-4-3-5-7-20/h3-14,16H,15H2,1-2H3,(H,29,30)(H,31,32). The first-order valence-corrected chi connectivity index (χ1v) is 10.5. The summed E-state index contributed by atoms with van der Waals surface area (Å²) in [5.41, 5.74) is 4.49. The van der Waals surface area contributed by atoms with Gasteiger partial charge in [-0.2, -0.15) is 0 Å². The van der Waals surface area contributed by atoms with Crippen LogP contribution in [0.3, 0.4) is 0 Å². The Hall–Kier alpha value is -4.26. The molecule has 2 heterocycles. The molecule has 0 aliphatic rings. The summed E-state index contributed by atoms with van der Waals surface area (Å²) in [5.74, 6) is -1.36. The fraction of sp³-hybridized carbons (Fsp3) is 0.154. The van der Waals surface area contributed by atoms with Crippen molar-refractivity contribution < 1.29 is 19.4 Å². The molecule has 0 spiro atoms. The second kappa shape index (κ2) is 9.48. The number of carbonyl (C=O) groups excluding carboxylic acids is 1. The summed E-state index contributed by atoms with van der Waals surface area (Å²) in [6.45, 7) is 3.49. The van der Waals surface area contributed by atoms with E-state index in [9.17, 15) is 9.59 Å². The SMILES string of the molecule is Cc1cc(C(=O)Nc2ccccc2)c2ccc(-c3ccc(OCC(C)C(=O)O)nc3)cc2n1. The second-order valence-corrected chi connectivity index (χ2v) is 7.80. The number of para-hydroxylation sites is 1. The predicted octanol–water partition coefficient (Wildman–Crippen LogP) is 4.96. The molecule has 2 aromatic heterocycles. The molecule has 0 bridgehead atoms. The molecule has 7 heteroatoms. The lowest BCUT2D eigenvalue weighted by molar-refractivity contribution is -0.142. The second-order valence-electron chi connectivity index (χ2n) is 7.80. The Labute approximate surface area is 191 Å². The van der Waals surface area contributed by atoms with Crippen molar-refractivity contribution in [3.63, 3.8) is 0 Å². The minimum absolute atomic E-state index is 0.0503. The van der Waals surface area contributed by atoms with E-state index in [2.05, 4.69) is 15.3 Å². The zero-order valence-corrected chi connectivity index (χ0v) is 18.3. The number of fused-ring (bicyclic) bond motifs is 1. The van der Waals surface area contributed by atoms with Gasteiger partial charge in [0.2, 0.25) is 5.88 Å². The maximum atomic E-state index is 12.9. The molecule has 2 N–H and O–H groups in total. The Morgan fingerprint density at radius 3 is 2.48 bits per heavy atom. The highest BCUT2D eigenvalue weighted by molar-refractivity contribution is 6.12. The third-order valence-electron chi connectivity index (χ3n) is 5.19. The summed E-state index contributed by atoms with van der Waals surface area (Å²) in [7, 11) is 0. The number of ether oxygens (including phenoxy) is 1. The van der Waals surface area contributed by atoms with Crippen LogP contribution in [-0.4, -0.2) is 33.6 Å². The maximum Gasteiger partial charge on any atom is 0.309 e. The van der Waals surface area contributed by atoms with Crippen molar-refractivity contribution >= 4 is 28.5 Å². The van der Waals surface area contributed by atoms with Crippen LogP contribution in [0.1, 0.15) is 23.0 Å². The van der Waals surface area contributed by atoms with E-state index < -0.39 is 11.9 Å². The number of carboxylic acid groups (broad SMARTS) is 1. The normalized spacial score (nSPS) is 11.7. The van der Waals surface area contributed by atoms with Crippen LogP contribution in [0.25, 0.3) is 22.0 Å². The molecule has 4 rings (SSSR count). The molecule has 0 fully saturated rings.